The molecule has 0 amide bonds. The molecule has 0 fully saturated rings. The molecule has 0 unspecified atom stereocenters. The van der Waals surface area contributed by atoms with Crippen LogP contribution in [0.25, 0.3) is 132 Å². The molecule has 14 rings (SSSR count). The molecule has 1 aliphatic rings. The van der Waals surface area contributed by atoms with Crippen molar-refractivity contribution in [2.45, 2.75) is 0 Å². The van der Waals surface area contributed by atoms with Crippen LogP contribution in [0.15, 0.2) is 194 Å². The molecule has 0 spiro atoms. The Balaban J connectivity index is 1.12. The first-order valence-corrected chi connectivity index (χ1v) is 20.6. The molecule has 0 radical (unpaired) electrons. The first kappa shape index (κ1) is 31.9. The number of aromatic nitrogens is 4. The van der Waals surface area contributed by atoms with Crippen LogP contribution in [0.1, 0.15) is 0 Å². The van der Waals surface area contributed by atoms with Gasteiger partial charge in [0.05, 0.1) is 39.0 Å². The quantitative estimate of drug-likeness (QED) is 0.180. The summed E-state index contributed by atoms with van der Waals surface area (Å²) in [7, 11) is 0. The fourth-order valence-electron chi connectivity index (χ4n) is 10.6. The number of rotatable bonds is 3. The maximum Gasteiger partial charge on any atom is 0.235 e. The maximum atomic E-state index is 5.64. The number of hydrogen-bond donors (Lipinski definition) is 0. The Morgan fingerprint density at radius 3 is 1.70 bits per heavy atom. The topological polar surface area (TPSA) is 35.6 Å². The second-order valence-electron chi connectivity index (χ2n) is 16.1. The second-order valence-corrected chi connectivity index (χ2v) is 16.1. The monoisotopic (exact) mass is 760 g/mol. The van der Waals surface area contributed by atoms with Crippen LogP contribution in [0, 0.1) is 0 Å². The van der Waals surface area contributed by atoms with Crippen molar-refractivity contribution in [3.8, 4) is 45.1 Å². The highest BCUT2D eigenvalue weighted by Crippen LogP contribution is 2.50. The number of fused-ring (bicyclic) bond motifs is 13. The highest BCUT2D eigenvalue weighted by atomic mass is 15.2. The Morgan fingerprint density at radius 2 is 0.883 bits per heavy atom. The van der Waals surface area contributed by atoms with Crippen molar-refractivity contribution < 1.29 is 0 Å². The van der Waals surface area contributed by atoms with Crippen LogP contribution in [0.2, 0.25) is 0 Å². The number of para-hydroxylation sites is 3. The molecule has 60 heavy (non-hydrogen) atoms. The van der Waals surface area contributed by atoms with E-state index in [0.717, 1.165) is 49.7 Å². The molecule has 0 bridgehead atoms. The summed E-state index contributed by atoms with van der Waals surface area (Å²) in [6, 6.07) is 70.6. The van der Waals surface area contributed by atoms with E-state index in [1.54, 1.807) is 0 Å². The summed E-state index contributed by atoms with van der Waals surface area (Å²) in [6.45, 7) is 0. The summed E-state index contributed by atoms with van der Waals surface area (Å²) >= 11 is 0. The zero-order valence-corrected chi connectivity index (χ0v) is 32.3. The first-order valence-electron chi connectivity index (χ1n) is 20.6. The lowest BCUT2D eigenvalue weighted by Crippen LogP contribution is -2.04. The van der Waals surface area contributed by atoms with E-state index in [-0.39, 0.29) is 0 Å². The Kier molecular flexibility index (Phi) is 6.26. The molecule has 10 aromatic carbocycles. The van der Waals surface area contributed by atoms with Crippen LogP contribution in [0.3, 0.4) is 0 Å². The Labute approximate surface area is 343 Å². The van der Waals surface area contributed by atoms with Gasteiger partial charge >= 0.3 is 0 Å². The molecule has 1 aliphatic carbocycles. The van der Waals surface area contributed by atoms with E-state index in [4.69, 9.17) is 9.97 Å². The minimum atomic E-state index is 0.649. The van der Waals surface area contributed by atoms with Gasteiger partial charge in [0, 0.05) is 37.9 Å². The third kappa shape index (κ3) is 4.14. The molecular weight excluding hydrogens is 729 g/mol. The molecular formula is C56H32N4. The molecule has 13 aromatic rings. The van der Waals surface area contributed by atoms with Gasteiger partial charge in [0.25, 0.3) is 0 Å². The van der Waals surface area contributed by atoms with Gasteiger partial charge in [0.1, 0.15) is 0 Å². The van der Waals surface area contributed by atoms with E-state index in [0.29, 0.717) is 5.95 Å². The standard InChI is InChI=1S/C56H32N4/c1-3-16-35-33(14-1)28-31-49-52(35)44-21-8-11-26-47(44)59(49)55-36-17-4-2-15-34(36)32-50-53(55)45-22-9-12-27-48(45)60(50)56-57-46-25-10-7-20-43(46)54(58-56)42-30-29-41-38-19-6-5-18-37(38)39-23-13-24-40(42)51(39)41/h1-32H. The number of nitrogens with zero attached hydrogens (tertiary/aromatic N) is 4. The third-order valence-corrected chi connectivity index (χ3v) is 13.0. The van der Waals surface area contributed by atoms with Gasteiger partial charge in [-0.15, -0.1) is 0 Å². The molecule has 0 saturated heterocycles. The number of benzene rings is 10. The lowest BCUT2D eigenvalue weighted by molar-refractivity contribution is 1.01. The molecule has 0 N–H and O–H groups in total. The van der Waals surface area contributed by atoms with Crippen molar-refractivity contribution in [2.24, 2.45) is 0 Å². The molecule has 4 heteroatoms. The van der Waals surface area contributed by atoms with Gasteiger partial charge in [-0.3, -0.25) is 4.57 Å². The lowest BCUT2D eigenvalue weighted by atomic mass is 9.95. The number of hydrogen-bond acceptors (Lipinski definition) is 2. The van der Waals surface area contributed by atoms with E-state index in [9.17, 15) is 0 Å². The summed E-state index contributed by atoms with van der Waals surface area (Å²) in [5.74, 6) is 0.649. The van der Waals surface area contributed by atoms with Gasteiger partial charge in [0.2, 0.25) is 5.95 Å². The Bertz CT molecular complexity index is 3990. The molecule has 3 aromatic heterocycles. The third-order valence-electron chi connectivity index (χ3n) is 13.0. The Morgan fingerprint density at radius 1 is 0.300 bits per heavy atom. The van der Waals surface area contributed by atoms with Crippen molar-refractivity contribution in [3.63, 3.8) is 0 Å². The molecule has 276 valence electrons. The van der Waals surface area contributed by atoms with Crippen LogP contribution in [0.4, 0.5) is 0 Å². The SMILES string of the molecule is c1ccc2c(c1)-c1cccc3c(-c4nc(-n5c6ccccc6c6c(-n7c8ccccc8c8c9ccccc9ccc87)c7ccccc7cc65)nc5ccccc45)ccc-2c13. The second kappa shape index (κ2) is 11.8. The predicted molar refractivity (Wildman–Crippen MR) is 251 cm³/mol. The zero-order valence-electron chi connectivity index (χ0n) is 32.3. The highest BCUT2D eigenvalue weighted by Gasteiger charge is 2.26. The minimum Gasteiger partial charge on any atom is -0.308 e. The van der Waals surface area contributed by atoms with Crippen LogP contribution >= 0.6 is 0 Å². The van der Waals surface area contributed by atoms with Gasteiger partial charge < -0.3 is 4.57 Å². The van der Waals surface area contributed by atoms with E-state index in [2.05, 4.69) is 203 Å². The van der Waals surface area contributed by atoms with Crippen LogP contribution in [0.5, 0.6) is 0 Å². The van der Waals surface area contributed by atoms with Crippen molar-refractivity contribution in [3.05, 3.63) is 194 Å². The molecule has 4 nitrogen and oxygen atoms in total. The molecule has 0 aliphatic heterocycles. The van der Waals surface area contributed by atoms with Gasteiger partial charge in [-0.1, -0.05) is 164 Å². The summed E-state index contributed by atoms with van der Waals surface area (Å²) < 4.78 is 4.81. The largest absolute Gasteiger partial charge is 0.308 e. The van der Waals surface area contributed by atoms with Crippen LogP contribution in [-0.4, -0.2) is 19.1 Å². The van der Waals surface area contributed by atoms with Gasteiger partial charge in [-0.2, -0.15) is 0 Å². The van der Waals surface area contributed by atoms with Gasteiger partial charge in [0.15, 0.2) is 0 Å². The molecule has 0 saturated carbocycles. The van der Waals surface area contributed by atoms with Crippen molar-refractivity contribution in [1.82, 2.24) is 19.1 Å². The van der Waals surface area contributed by atoms with Crippen molar-refractivity contribution in [1.29, 1.82) is 0 Å². The van der Waals surface area contributed by atoms with E-state index < -0.39 is 0 Å². The first-order chi connectivity index (χ1) is 29.8. The molecule has 3 heterocycles. The van der Waals surface area contributed by atoms with Crippen molar-refractivity contribution >= 4 is 86.8 Å². The average Bonchev–Trinajstić information content (AvgIpc) is 3.95. The predicted octanol–water partition coefficient (Wildman–Crippen LogP) is 14.6. The summed E-state index contributed by atoms with van der Waals surface area (Å²) in [6.07, 6.45) is 0. The molecule has 0 atom stereocenters. The van der Waals surface area contributed by atoms with Gasteiger partial charge in [-0.25, -0.2) is 9.97 Å². The zero-order chi connectivity index (χ0) is 39.1. The lowest BCUT2D eigenvalue weighted by Gasteiger charge is -2.16. The fourth-order valence-corrected chi connectivity index (χ4v) is 10.6. The minimum absolute atomic E-state index is 0.649. The van der Waals surface area contributed by atoms with E-state index >= 15 is 0 Å². The Hall–Kier alpha value is -8.08. The van der Waals surface area contributed by atoms with E-state index in [1.165, 1.54) is 76.4 Å². The highest BCUT2D eigenvalue weighted by molar-refractivity contribution is 6.26. The van der Waals surface area contributed by atoms with Crippen LogP contribution < -0.4 is 0 Å². The summed E-state index contributed by atoms with van der Waals surface area (Å²) in [5.41, 5.74) is 13.7. The fraction of sp³-hybridized carbons (Fsp3) is 0. The average molecular weight is 761 g/mol. The summed E-state index contributed by atoms with van der Waals surface area (Å²) in [4.78, 5) is 11.1. The normalized spacial score (nSPS) is 12.3. The van der Waals surface area contributed by atoms with E-state index in [1.807, 2.05) is 0 Å². The smallest absolute Gasteiger partial charge is 0.235 e. The van der Waals surface area contributed by atoms with Crippen molar-refractivity contribution in [2.75, 3.05) is 0 Å². The maximum absolute atomic E-state index is 5.64. The van der Waals surface area contributed by atoms with Gasteiger partial charge in [-0.05, 0) is 79.5 Å². The van der Waals surface area contributed by atoms with Crippen LogP contribution in [-0.2, 0) is 0 Å². The summed E-state index contributed by atoms with van der Waals surface area (Å²) in [5, 5.41) is 13.2.